The van der Waals surface area contributed by atoms with Gasteiger partial charge in [-0.3, -0.25) is 0 Å². The summed E-state index contributed by atoms with van der Waals surface area (Å²) in [5.74, 6) is 1.73. The first-order valence-corrected chi connectivity index (χ1v) is 5.05. The molecular formula is C13H14. The molecule has 0 saturated heterocycles. The quantitative estimate of drug-likeness (QED) is 0.559. The summed E-state index contributed by atoms with van der Waals surface area (Å²) in [4.78, 5) is 0. The van der Waals surface area contributed by atoms with Crippen molar-refractivity contribution in [1.82, 2.24) is 0 Å². The fraction of sp³-hybridized carbons (Fsp3) is 0.385. The van der Waals surface area contributed by atoms with Gasteiger partial charge in [-0.05, 0) is 48.8 Å². The van der Waals surface area contributed by atoms with E-state index in [9.17, 15) is 0 Å². The standard InChI is InChI=1S/C13H14/c1-8-3-4-11-12(5-8)9(2)6-10-7-13(10)11/h3-6,10,13H,7H2,1-2H3. The summed E-state index contributed by atoms with van der Waals surface area (Å²) >= 11 is 0. The molecule has 0 aliphatic heterocycles. The van der Waals surface area contributed by atoms with Gasteiger partial charge in [0.05, 0.1) is 0 Å². The molecule has 0 aromatic heterocycles. The maximum Gasteiger partial charge on any atom is -0.00867 e. The van der Waals surface area contributed by atoms with Crippen molar-refractivity contribution >= 4 is 5.57 Å². The van der Waals surface area contributed by atoms with E-state index in [0.717, 1.165) is 11.8 Å². The Bertz CT molecular complexity index is 398. The van der Waals surface area contributed by atoms with E-state index in [1.165, 1.54) is 23.1 Å². The average Bonchev–Trinajstić information content (AvgIpc) is 2.83. The zero-order valence-corrected chi connectivity index (χ0v) is 8.17. The second kappa shape index (κ2) is 2.25. The van der Waals surface area contributed by atoms with Crippen LogP contribution in [0.25, 0.3) is 5.57 Å². The van der Waals surface area contributed by atoms with Crippen molar-refractivity contribution in [2.24, 2.45) is 5.92 Å². The zero-order chi connectivity index (χ0) is 9.00. The van der Waals surface area contributed by atoms with Gasteiger partial charge in [0, 0.05) is 0 Å². The van der Waals surface area contributed by atoms with Crippen LogP contribution in [0.1, 0.15) is 36.0 Å². The Balaban J connectivity index is 2.24. The molecule has 0 N–H and O–H groups in total. The molecule has 0 bridgehead atoms. The van der Waals surface area contributed by atoms with Gasteiger partial charge in [0.1, 0.15) is 0 Å². The van der Waals surface area contributed by atoms with Gasteiger partial charge in [-0.25, -0.2) is 0 Å². The van der Waals surface area contributed by atoms with E-state index in [1.54, 1.807) is 5.56 Å². The Kier molecular flexibility index (Phi) is 1.28. The van der Waals surface area contributed by atoms with Crippen LogP contribution in [0.2, 0.25) is 0 Å². The van der Waals surface area contributed by atoms with Gasteiger partial charge in [-0.1, -0.05) is 29.8 Å². The fourth-order valence-electron chi connectivity index (χ4n) is 2.50. The number of hydrogen-bond acceptors (Lipinski definition) is 0. The number of hydrogen-bond donors (Lipinski definition) is 0. The summed E-state index contributed by atoms with van der Waals surface area (Å²) in [6, 6.07) is 6.90. The van der Waals surface area contributed by atoms with Crippen molar-refractivity contribution in [3.8, 4) is 0 Å². The molecule has 2 aliphatic rings. The first kappa shape index (κ1) is 7.37. The molecule has 0 radical (unpaired) electrons. The highest BCUT2D eigenvalue weighted by Crippen LogP contribution is 2.54. The van der Waals surface area contributed by atoms with Crippen LogP contribution in [0.5, 0.6) is 0 Å². The zero-order valence-electron chi connectivity index (χ0n) is 8.17. The number of benzene rings is 1. The van der Waals surface area contributed by atoms with Gasteiger partial charge in [0.2, 0.25) is 0 Å². The summed E-state index contributed by atoms with van der Waals surface area (Å²) in [7, 11) is 0. The molecule has 1 fully saturated rings. The van der Waals surface area contributed by atoms with Crippen LogP contribution >= 0.6 is 0 Å². The Morgan fingerprint density at radius 3 is 2.92 bits per heavy atom. The number of allylic oxidation sites excluding steroid dienone is 2. The van der Waals surface area contributed by atoms with Crippen LogP contribution in [0.4, 0.5) is 0 Å². The van der Waals surface area contributed by atoms with Crippen molar-refractivity contribution in [2.75, 3.05) is 0 Å². The molecule has 1 saturated carbocycles. The fourth-order valence-corrected chi connectivity index (χ4v) is 2.50. The molecule has 0 amide bonds. The summed E-state index contributed by atoms with van der Waals surface area (Å²) in [6.07, 6.45) is 3.83. The van der Waals surface area contributed by atoms with Crippen molar-refractivity contribution in [3.63, 3.8) is 0 Å². The third-order valence-electron chi connectivity index (χ3n) is 3.34. The van der Waals surface area contributed by atoms with Crippen molar-refractivity contribution in [1.29, 1.82) is 0 Å². The van der Waals surface area contributed by atoms with Crippen molar-refractivity contribution in [2.45, 2.75) is 26.2 Å². The molecule has 0 nitrogen and oxygen atoms in total. The van der Waals surface area contributed by atoms with Crippen LogP contribution < -0.4 is 0 Å². The van der Waals surface area contributed by atoms with Gasteiger partial charge in [0.15, 0.2) is 0 Å². The lowest BCUT2D eigenvalue weighted by molar-refractivity contribution is 0.983. The Hall–Kier alpha value is -1.04. The summed E-state index contributed by atoms with van der Waals surface area (Å²) in [6.45, 7) is 4.42. The predicted octanol–water partition coefficient (Wildman–Crippen LogP) is 3.52. The minimum atomic E-state index is 0.860. The maximum atomic E-state index is 2.45. The molecule has 0 spiro atoms. The van der Waals surface area contributed by atoms with Crippen LogP contribution in [-0.2, 0) is 0 Å². The second-order valence-corrected chi connectivity index (χ2v) is 4.45. The van der Waals surface area contributed by atoms with E-state index in [0.29, 0.717) is 0 Å². The SMILES string of the molecule is CC1=CC2CC2c2ccc(C)cc21. The Morgan fingerprint density at radius 1 is 1.23 bits per heavy atom. The monoisotopic (exact) mass is 170 g/mol. The molecule has 0 heterocycles. The van der Waals surface area contributed by atoms with Gasteiger partial charge < -0.3 is 0 Å². The van der Waals surface area contributed by atoms with Crippen LogP contribution in [0, 0.1) is 12.8 Å². The van der Waals surface area contributed by atoms with E-state index in [-0.39, 0.29) is 0 Å². The Morgan fingerprint density at radius 2 is 2.08 bits per heavy atom. The number of fused-ring (bicyclic) bond motifs is 3. The third-order valence-corrected chi connectivity index (χ3v) is 3.34. The van der Waals surface area contributed by atoms with Gasteiger partial charge in [-0.15, -0.1) is 0 Å². The molecule has 1 aromatic rings. The number of rotatable bonds is 0. The number of aryl methyl sites for hydroxylation is 1. The summed E-state index contributed by atoms with van der Waals surface area (Å²) in [5, 5.41) is 0. The lowest BCUT2D eigenvalue weighted by atomic mass is 9.90. The highest BCUT2D eigenvalue weighted by Gasteiger charge is 2.40. The molecule has 13 heavy (non-hydrogen) atoms. The van der Waals surface area contributed by atoms with E-state index in [1.807, 2.05) is 0 Å². The molecule has 2 atom stereocenters. The van der Waals surface area contributed by atoms with E-state index in [4.69, 9.17) is 0 Å². The first-order chi connectivity index (χ1) is 6.25. The largest absolute Gasteiger partial charge is 0.0772 e. The van der Waals surface area contributed by atoms with E-state index < -0.39 is 0 Å². The summed E-state index contributed by atoms with van der Waals surface area (Å²) in [5.41, 5.74) is 5.96. The molecule has 0 heteroatoms. The second-order valence-electron chi connectivity index (χ2n) is 4.45. The van der Waals surface area contributed by atoms with E-state index >= 15 is 0 Å². The Labute approximate surface area is 79.3 Å². The minimum absolute atomic E-state index is 0.860. The lowest BCUT2D eigenvalue weighted by Gasteiger charge is -2.14. The van der Waals surface area contributed by atoms with E-state index in [2.05, 4.69) is 38.1 Å². The van der Waals surface area contributed by atoms with Gasteiger partial charge in [-0.2, -0.15) is 0 Å². The predicted molar refractivity (Wildman–Crippen MR) is 55.7 cm³/mol. The van der Waals surface area contributed by atoms with Crippen LogP contribution in [0.3, 0.4) is 0 Å². The highest BCUT2D eigenvalue weighted by atomic mass is 14.4. The topological polar surface area (TPSA) is 0 Å². The van der Waals surface area contributed by atoms with Gasteiger partial charge >= 0.3 is 0 Å². The molecule has 3 rings (SSSR count). The smallest absolute Gasteiger partial charge is 0.00867 e. The first-order valence-electron chi connectivity index (χ1n) is 5.05. The normalized spacial score (nSPS) is 28.9. The highest BCUT2D eigenvalue weighted by molar-refractivity contribution is 5.72. The van der Waals surface area contributed by atoms with Crippen LogP contribution in [-0.4, -0.2) is 0 Å². The molecule has 2 unspecified atom stereocenters. The summed E-state index contributed by atoms with van der Waals surface area (Å²) < 4.78 is 0. The third kappa shape index (κ3) is 0.980. The molecule has 66 valence electrons. The van der Waals surface area contributed by atoms with Crippen molar-refractivity contribution in [3.05, 3.63) is 41.0 Å². The van der Waals surface area contributed by atoms with Crippen molar-refractivity contribution < 1.29 is 0 Å². The minimum Gasteiger partial charge on any atom is -0.0772 e. The molecule has 2 aliphatic carbocycles. The van der Waals surface area contributed by atoms with Gasteiger partial charge in [0.25, 0.3) is 0 Å². The molecule has 1 aromatic carbocycles. The average molecular weight is 170 g/mol. The molecular weight excluding hydrogens is 156 g/mol. The van der Waals surface area contributed by atoms with Crippen LogP contribution in [0.15, 0.2) is 24.3 Å². The maximum absolute atomic E-state index is 2.45. The lowest BCUT2D eigenvalue weighted by Crippen LogP contribution is -1.96.